The molecule has 1 atom stereocenters. The number of aromatic nitrogens is 1. The third kappa shape index (κ3) is 5.39. The maximum Gasteiger partial charge on any atom is 0.319 e. The maximum absolute atomic E-state index is 12.4. The summed E-state index contributed by atoms with van der Waals surface area (Å²) in [5, 5.41) is 5.76. The van der Waals surface area contributed by atoms with E-state index >= 15 is 0 Å². The fourth-order valence-corrected chi connectivity index (χ4v) is 3.79. The summed E-state index contributed by atoms with van der Waals surface area (Å²) in [5.41, 5.74) is 1.65. The summed E-state index contributed by atoms with van der Waals surface area (Å²) in [5.74, 6) is 2.49. The van der Waals surface area contributed by atoms with Crippen LogP contribution >= 0.6 is 0 Å². The van der Waals surface area contributed by atoms with Gasteiger partial charge in [-0.3, -0.25) is 4.90 Å². The first-order valence-corrected chi connectivity index (χ1v) is 10.7. The highest BCUT2D eigenvalue weighted by atomic mass is 16.5. The van der Waals surface area contributed by atoms with Crippen LogP contribution < -0.4 is 20.1 Å². The van der Waals surface area contributed by atoms with Gasteiger partial charge < -0.3 is 24.5 Å². The highest BCUT2D eigenvalue weighted by molar-refractivity contribution is 5.89. The molecular formula is C24H28N4O4. The van der Waals surface area contributed by atoms with E-state index in [9.17, 15) is 4.79 Å². The monoisotopic (exact) mass is 436 g/mol. The largest absolute Gasteiger partial charge is 0.493 e. The van der Waals surface area contributed by atoms with Gasteiger partial charge in [0.25, 0.3) is 0 Å². The second-order valence-electron chi connectivity index (χ2n) is 7.75. The van der Waals surface area contributed by atoms with Crippen molar-refractivity contribution in [1.29, 1.82) is 0 Å². The van der Waals surface area contributed by atoms with Crippen molar-refractivity contribution in [2.45, 2.75) is 25.8 Å². The molecule has 2 N–H and O–H groups in total. The Morgan fingerprint density at radius 2 is 2.03 bits per heavy atom. The number of amides is 2. The molecule has 32 heavy (non-hydrogen) atoms. The Labute approximate surface area is 187 Å². The van der Waals surface area contributed by atoms with Crippen molar-refractivity contribution in [3.05, 3.63) is 66.2 Å². The van der Waals surface area contributed by atoms with Crippen molar-refractivity contribution in [3.63, 3.8) is 0 Å². The standard InChI is InChI=1S/C24H28N4O4/c1-17-7-9-21(22(14-17)30-2)32-23-10-8-18(15-25-23)27-24(29)26-16-19(20-6-5-13-31-20)28-11-3-4-12-28/h5-10,13-15,19H,3-4,11-12,16H2,1-2H3,(H2,26,27,29). The molecule has 2 aromatic heterocycles. The molecule has 8 nitrogen and oxygen atoms in total. The molecule has 1 fully saturated rings. The number of likely N-dealkylation sites (tertiary alicyclic amines) is 1. The van der Waals surface area contributed by atoms with E-state index in [-0.39, 0.29) is 12.1 Å². The molecule has 0 radical (unpaired) electrons. The number of furan rings is 1. The number of urea groups is 1. The minimum absolute atomic E-state index is 0.0247. The summed E-state index contributed by atoms with van der Waals surface area (Å²) in [6.45, 7) is 4.46. The van der Waals surface area contributed by atoms with E-state index in [1.807, 2.05) is 37.3 Å². The lowest BCUT2D eigenvalue weighted by Crippen LogP contribution is -2.38. The third-order valence-electron chi connectivity index (χ3n) is 5.44. The number of benzene rings is 1. The summed E-state index contributed by atoms with van der Waals surface area (Å²) < 4.78 is 16.8. The topological polar surface area (TPSA) is 88.9 Å². The molecule has 1 saturated heterocycles. The number of anilines is 1. The first-order valence-electron chi connectivity index (χ1n) is 10.7. The molecule has 4 rings (SSSR count). The van der Waals surface area contributed by atoms with Gasteiger partial charge in [-0.15, -0.1) is 0 Å². The van der Waals surface area contributed by atoms with E-state index < -0.39 is 0 Å². The number of ether oxygens (including phenoxy) is 2. The van der Waals surface area contributed by atoms with Gasteiger partial charge in [-0.25, -0.2) is 9.78 Å². The highest BCUT2D eigenvalue weighted by Gasteiger charge is 2.25. The Balaban J connectivity index is 1.32. The fraction of sp³-hybridized carbons (Fsp3) is 0.333. The van der Waals surface area contributed by atoms with Crippen LogP contribution in [-0.4, -0.2) is 42.7 Å². The molecular weight excluding hydrogens is 408 g/mol. The fourth-order valence-electron chi connectivity index (χ4n) is 3.79. The summed E-state index contributed by atoms with van der Waals surface area (Å²) in [4.78, 5) is 19.1. The van der Waals surface area contributed by atoms with Gasteiger partial charge in [-0.05, 0) is 68.8 Å². The van der Waals surface area contributed by atoms with E-state index in [2.05, 4.69) is 20.5 Å². The molecule has 0 spiro atoms. The predicted molar refractivity (Wildman–Crippen MR) is 121 cm³/mol. The van der Waals surface area contributed by atoms with Gasteiger partial charge in [0.05, 0.1) is 31.3 Å². The average molecular weight is 437 g/mol. The van der Waals surface area contributed by atoms with Crippen LogP contribution in [-0.2, 0) is 0 Å². The Hall–Kier alpha value is -3.52. The molecule has 0 saturated carbocycles. The first kappa shape index (κ1) is 21.7. The first-order chi connectivity index (χ1) is 15.6. The van der Waals surface area contributed by atoms with E-state index in [0.29, 0.717) is 29.6 Å². The van der Waals surface area contributed by atoms with Crippen molar-refractivity contribution in [2.24, 2.45) is 0 Å². The van der Waals surface area contributed by atoms with Crippen molar-refractivity contribution < 1.29 is 18.7 Å². The molecule has 2 amide bonds. The number of carbonyl (C=O) groups is 1. The van der Waals surface area contributed by atoms with E-state index in [1.165, 1.54) is 0 Å². The van der Waals surface area contributed by atoms with Gasteiger partial charge in [0.1, 0.15) is 5.76 Å². The Morgan fingerprint density at radius 3 is 2.72 bits per heavy atom. The molecule has 0 aliphatic carbocycles. The van der Waals surface area contributed by atoms with Crippen LogP contribution in [0.3, 0.4) is 0 Å². The van der Waals surface area contributed by atoms with Crippen LogP contribution in [0.1, 0.15) is 30.2 Å². The zero-order valence-electron chi connectivity index (χ0n) is 18.3. The van der Waals surface area contributed by atoms with Crippen molar-refractivity contribution in [2.75, 3.05) is 32.1 Å². The number of aryl methyl sites for hydroxylation is 1. The molecule has 168 valence electrons. The van der Waals surface area contributed by atoms with Crippen LogP contribution in [0.4, 0.5) is 10.5 Å². The summed E-state index contributed by atoms with van der Waals surface area (Å²) in [6.07, 6.45) is 5.55. The van der Waals surface area contributed by atoms with Gasteiger partial charge >= 0.3 is 6.03 Å². The van der Waals surface area contributed by atoms with Gasteiger partial charge in [-0.1, -0.05) is 6.07 Å². The number of nitrogens with zero attached hydrogens (tertiary/aromatic N) is 2. The number of hydrogen-bond acceptors (Lipinski definition) is 6. The van der Waals surface area contributed by atoms with Crippen LogP contribution in [0.5, 0.6) is 17.4 Å². The summed E-state index contributed by atoms with van der Waals surface area (Å²) in [7, 11) is 1.60. The highest BCUT2D eigenvalue weighted by Crippen LogP contribution is 2.31. The molecule has 3 aromatic rings. The number of hydrogen-bond donors (Lipinski definition) is 2. The number of pyridine rings is 1. The summed E-state index contributed by atoms with van der Waals surface area (Å²) >= 11 is 0. The Morgan fingerprint density at radius 1 is 1.19 bits per heavy atom. The minimum atomic E-state index is -0.295. The summed E-state index contributed by atoms with van der Waals surface area (Å²) in [6, 6.07) is 12.7. The number of nitrogens with one attached hydrogen (secondary N) is 2. The van der Waals surface area contributed by atoms with Crippen LogP contribution in [0.2, 0.25) is 0 Å². The number of rotatable bonds is 8. The second kappa shape index (κ2) is 10.2. The number of methoxy groups -OCH3 is 1. The zero-order chi connectivity index (χ0) is 22.3. The van der Waals surface area contributed by atoms with Crippen molar-refractivity contribution in [3.8, 4) is 17.4 Å². The predicted octanol–water partition coefficient (Wildman–Crippen LogP) is 4.74. The molecule has 1 aromatic carbocycles. The second-order valence-corrected chi connectivity index (χ2v) is 7.75. The van der Waals surface area contributed by atoms with E-state index in [1.54, 1.807) is 31.7 Å². The van der Waals surface area contributed by atoms with Crippen molar-refractivity contribution in [1.82, 2.24) is 15.2 Å². The molecule has 1 aliphatic rings. The molecule has 3 heterocycles. The van der Waals surface area contributed by atoms with Gasteiger partial charge in [0.2, 0.25) is 5.88 Å². The third-order valence-corrected chi connectivity index (χ3v) is 5.44. The maximum atomic E-state index is 12.4. The molecule has 8 heteroatoms. The molecule has 1 aliphatic heterocycles. The SMILES string of the molecule is COc1cc(C)ccc1Oc1ccc(NC(=O)NCC(c2ccco2)N2CCCC2)cn1. The lowest BCUT2D eigenvalue weighted by Gasteiger charge is -2.26. The molecule has 1 unspecified atom stereocenters. The minimum Gasteiger partial charge on any atom is -0.493 e. The van der Waals surface area contributed by atoms with Gasteiger partial charge in [-0.2, -0.15) is 0 Å². The van der Waals surface area contributed by atoms with Crippen LogP contribution in [0, 0.1) is 6.92 Å². The Bertz CT molecular complexity index is 1010. The lowest BCUT2D eigenvalue weighted by atomic mass is 10.2. The van der Waals surface area contributed by atoms with Crippen LogP contribution in [0.15, 0.2) is 59.3 Å². The van der Waals surface area contributed by atoms with E-state index in [4.69, 9.17) is 13.9 Å². The average Bonchev–Trinajstić information content (AvgIpc) is 3.51. The van der Waals surface area contributed by atoms with Gasteiger partial charge in [0, 0.05) is 12.6 Å². The van der Waals surface area contributed by atoms with E-state index in [0.717, 1.165) is 37.3 Å². The van der Waals surface area contributed by atoms with Gasteiger partial charge in [0.15, 0.2) is 11.5 Å². The Kier molecular flexibility index (Phi) is 6.91. The molecule has 0 bridgehead atoms. The zero-order valence-corrected chi connectivity index (χ0v) is 18.3. The smallest absolute Gasteiger partial charge is 0.319 e. The number of carbonyl (C=O) groups excluding carboxylic acids is 1. The van der Waals surface area contributed by atoms with Crippen LogP contribution in [0.25, 0.3) is 0 Å². The quantitative estimate of drug-likeness (QED) is 0.530. The van der Waals surface area contributed by atoms with Crippen molar-refractivity contribution >= 4 is 11.7 Å². The lowest BCUT2D eigenvalue weighted by molar-refractivity contribution is 0.207. The normalized spacial score (nSPS) is 14.7.